The van der Waals surface area contributed by atoms with Gasteiger partial charge in [0.05, 0.1) is 0 Å². The third kappa shape index (κ3) is 2.73. The molecule has 0 aliphatic carbocycles. The molecule has 0 radical (unpaired) electrons. The average molecular weight is 350 g/mol. The van der Waals surface area contributed by atoms with Crippen molar-refractivity contribution in [3.05, 3.63) is 60.0 Å². The van der Waals surface area contributed by atoms with E-state index in [0.29, 0.717) is 22.8 Å². The van der Waals surface area contributed by atoms with Crippen molar-refractivity contribution in [3.63, 3.8) is 0 Å². The van der Waals surface area contributed by atoms with Gasteiger partial charge in [-0.3, -0.25) is 4.79 Å². The molecule has 0 aliphatic heterocycles. The highest BCUT2D eigenvalue weighted by molar-refractivity contribution is 5.94. The maximum Gasteiger partial charge on any atom is 0.258 e. The molecule has 130 valence electrons. The van der Waals surface area contributed by atoms with Gasteiger partial charge in [-0.05, 0) is 42.8 Å². The van der Waals surface area contributed by atoms with Crippen LogP contribution in [0.1, 0.15) is 5.56 Å². The Kier molecular flexibility index (Phi) is 3.76. The quantitative estimate of drug-likeness (QED) is 0.612. The molecule has 0 bridgehead atoms. The van der Waals surface area contributed by atoms with Gasteiger partial charge in [-0.25, -0.2) is 4.39 Å². The van der Waals surface area contributed by atoms with Gasteiger partial charge in [0.2, 0.25) is 11.7 Å². The zero-order valence-electron chi connectivity index (χ0n) is 13.9. The van der Waals surface area contributed by atoms with Crippen LogP contribution in [0.3, 0.4) is 0 Å². The van der Waals surface area contributed by atoms with Crippen LogP contribution in [0, 0.1) is 12.7 Å². The number of primary amides is 1. The normalized spacial score (nSPS) is 11.2. The van der Waals surface area contributed by atoms with Crippen LogP contribution < -0.4 is 5.73 Å². The third-order valence-corrected chi connectivity index (χ3v) is 4.21. The van der Waals surface area contributed by atoms with Crippen LogP contribution in [0.2, 0.25) is 0 Å². The number of nitrogens with zero attached hydrogens (tertiary/aromatic N) is 3. The van der Waals surface area contributed by atoms with Crippen LogP contribution in [0.25, 0.3) is 33.7 Å². The summed E-state index contributed by atoms with van der Waals surface area (Å²) in [5, 5.41) is 4.94. The van der Waals surface area contributed by atoms with Gasteiger partial charge in [0.25, 0.3) is 5.89 Å². The monoisotopic (exact) mass is 350 g/mol. The van der Waals surface area contributed by atoms with Gasteiger partial charge >= 0.3 is 0 Å². The van der Waals surface area contributed by atoms with E-state index < -0.39 is 5.91 Å². The van der Waals surface area contributed by atoms with E-state index in [2.05, 4.69) is 10.1 Å². The van der Waals surface area contributed by atoms with E-state index in [1.165, 1.54) is 6.07 Å². The average Bonchev–Trinajstić information content (AvgIpc) is 3.24. The predicted octanol–water partition coefficient (Wildman–Crippen LogP) is 3.29. The van der Waals surface area contributed by atoms with Gasteiger partial charge in [0.15, 0.2) is 0 Å². The number of carbonyl (C=O) groups excluding carboxylic acids is 1. The molecule has 4 aromatic rings. The zero-order chi connectivity index (χ0) is 18.3. The van der Waals surface area contributed by atoms with Gasteiger partial charge in [-0.1, -0.05) is 17.3 Å². The Morgan fingerprint density at radius 1 is 1.27 bits per heavy atom. The molecule has 2 aromatic carbocycles. The Morgan fingerprint density at radius 3 is 2.88 bits per heavy atom. The lowest BCUT2D eigenvalue weighted by molar-refractivity contribution is -0.118. The first-order chi connectivity index (χ1) is 12.5. The highest BCUT2D eigenvalue weighted by atomic mass is 19.1. The van der Waals surface area contributed by atoms with E-state index >= 15 is 0 Å². The lowest BCUT2D eigenvalue weighted by atomic mass is 10.1. The van der Waals surface area contributed by atoms with E-state index in [1.807, 2.05) is 24.3 Å². The first kappa shape index (κ1) is 16.0. The van der Waals surface area contributed by atoms with Gasteiger partial charge in [-0.15, -0.1) is 0 Å². The fraction of sp³-hybridized carbons (Fsp3) is 0.105. The number of hydrogen-bond acceptors (Lipinski definition) is 4. The van der Waals surface area contributed by atoms with Crippen LogP contribution in [0.15, 0.2) is 53.2 Å². The molecule has 26 heavy (non-hydrogen) atoms. The van der Waals surface area contributed by atoms with Crippen LogP contribution in [0.5, 0.6) is 0 Å². The first-order valence-corrected chi connectivity index (χ1v) is 7.99. The molecular formula is C19H15FN4O2. The van der Waals surface area contributed by atoms with Crippen molar-refractivity contribution in [3.8, 4) is 22.8 Å². The number of fused-ring (bicyclic) bond motifs is 1. The van der Waals surface area contributed by atoms with E-state index in [4.69, 9.17) is 10.3 Å². The molecular weight excluding hydrogens is 335 g/mol. The maximum atomic E-state index is 13.4. The predicted molar refractivity (Wildman–Crippen MR) is 94.6 cm³/mol. The smallest absolute Gasteiger partial charge is 0.258 e. The minimum Gasteiger partial charge on any atom is -0.368 e. The zero-order valence-corrected chi connectivity index (χ0v) is 13.9. The van der Waals surface area contributed by atoms with Crippen LogP contribution in [-0.2, 0) is 11.3 Å². The Morgan fingerprint density at radius 2 is 2.12 bits per heavy atom. The van der Waals surface area contributed by atoms with Gasteiger partial charge in [0, 0.05) is 28.2 Å². The molecule has 0 aliphatic rings. The summed E-state index contributed by atoms with van der Waals surface area (Å²) < 4.78 is 20.6. The summed E-state index contributed by atoms with van der Waals surface area (Å²) >= 11 is 0. The van der Waals surface area contributed by atoms with Crippen molar-refractivity contribution in [2.75, 3.05) is 0 Å². The largest absolute Gasteiger partial charge is 0.368 e. The minimum absolute atomic E-state index is 0.0965. The second-order valence-electron chi connectivity index (χ2n) is 6.04. The van der Waals surface area contributed by atoms with Crippen LogP contribution in [0.4, 0.5) is 4.39 Å². The Balaban J connectivity index is 1.77. The van der Waals surface area contributed by atoms with Gasteiger partial charge < -0.3 is 14.8 Å². The van der Waals surface area contributed by atoms with E-state index in [1.54, 1.807) is 29.8 Å². The highest BCUT2D eigenvalue weighted by Gasteiger charge is 2.15. The molecule has 0 unspecified atom stereocenters. The summed E-state index contributed by atoms with van der Waals surface area (Å²) in [6, 6.07) is 12.1. The van der Waals surface area contributed by atoms with Crippen molar-refractivity contribution >= 4 is 16.8 Å². The first-order valence-electron chi connectivity index (χ1n) is 7.99. The van der Waals surface area contributed by atoms with Gasteiger partial charge in [0.1, 0.15) is 12.4 Å². The lowest BCUT2D eigenvalue weighted by Gasteiger charge is -2.03. The molecule has 0 atom stereocenters. The molecule has 7 heteroatoms. The van der Waals surface area contributed by atoms with Crippen molar-refractivity contribution in [1.82, 2.24) is 14.7 Å². The fourth-order valence-electron chi connectivity index (χ4n) is 2.95. The van der Waals surface area contributed by atoms with Crippen molar-refractivity contribution in [2.45, 2.75) is 13.5 Å². The molecule has 0 fully saturated rings. The van der Waals surface area contributed by atoms with Crippen molar-refractivity contribution in [1.29, 1.82) is 0 Å². The standard InChI is InChI=1S/C19H15FN4O2/c1-11-9-12(5-6-15(11)20)19-22-18(23-26-19)14-3-2-4-16-13(14)7-8-24(16)10-17(21)25/h2-9H,10H2,1H3,(H2,21,25). The lowest BCUT2D eigenvalue weighted by Crippen LogP contribution is -2.17. The number of halogens is 1. The van der Waals surface area contributed by atoms with Crippen LogP contribution in [-0.4, -0.2) is 20.6 Å². The molecule has 6 nitrogen and oxygen atoms in total. The molecule has 2 heterocycles. The van der Waals surface area contributed by atoms with E-state index in [9.17, 15) is 9.18 Å². The Labute approximate surface area is 148 Å². The fourth-order valence-corrected chi connectivity index (χ4v) is 2.95. The number of aryl methyl sites for hydroxylation is 1. The summed E-state index contributed by atoms with van der Waals surface area (Å²) in [6.45, 7) is 1.78. The summed E-state index contributed by atoms with van der Waals surface area (Å²) in [5.41, 5.74) is 8.08. The molecule has 4 rings (SSSR count). The number of rotatable bonds is 4. The second kappa shape index (κ2) is 6.11. The number of hydrogen-bond donors (Lipinski definition) is 1. The summed E-state index contributed by atoms with van der Waals surface area (Å²) in [6.07, 6.45) is 1.79. The molecule has 0 spiro atoms. The summed E-state index contributed by atoms with van der Waals surface area (Å²) in [4.78, 5) is 15.7. The molecule has 1 amide bonds. The van der Waals surface area contributed by atoms with Crippen molar-refractivity contribution in [2.24, 2.45) is 5.73 Å². The number of benzene rings is 2. The van der Waals surface area contributed by atoms with Crippen molar-refractivity contribution < 1.29 is 13.7 Å². The number of nitrogens with two attached hydrogens (primary N) is 1. The molecule has 0 saturated carbocycles. The van der Waals surface area contributed by atoms with E-state index in [0.717, 1.165) is 16.5 Å². The number of aromatic nitrogens is 3. The molecule has 2 N–H and O–H groups in total. The SMILES string of the molecule is Cc1cc(-c2nc(-c3cccc4c3ccn4CC(N)=O)no2)ccc1F. The van der Waals surface area contributed by atoms with Crippen LogP contribution >= 0.6 is 0 Å². The number of amides is 1. The third-order valence-electron chi connectivity index (χ3n) is 4.21. The molecule has 0 saturated heterocycles. The second-order valence-corrected chi connectivity index (χ2v) is 6.04. The van der Waals surface area contributed by atoms with E-state index in [-0.39, 0.29) is 12.4 Å². The topological polar surface area (TPSA) is 86.9 Å². The Bertz CT molecular complexity index is 1130. The Hall–Kier alpha value is -3.48. The number of carbonyl (C=O) groups is 1. The van der Waals surface area contributed by atoms with Gasteiger partial charge in [-0.2, -0.15) is 4.98 Å². The highest BCUT2D eigenvalue weighted by Crippen LogP contribution is 2.29. The molecule has 2 aromatic heterocycles. The minimum atomic E-state index is -0.415. The maximum absolute atomic E-state index is 13.4. The summed E-state index contributed by atoms with van der Waals surface area (Å²) in [7, 11) is 0. The summed E-state index contributed by atoms with van der Waals surface area (Å²) in [5.74, 6) is 0.0385.